The normalized spacial score (nSPS) is 23.7. The monoisotopic (exact) mass is 776 g/mol. The molecule has 0 unspecified atom stereocenters. The van der Waals surface area contributed by atoms with E-state index in [4.69, 9.17) is 23.4 Å². The molecule has 4 aliphatic rings. The number of hydrogen-bond acceptors (Lipinski definition) is 9. The van der Waals surface area contributed by atoms with E-state index in [9.17, 15) is 19.5 Å². The Bertz CT molecular complexity index is 2120. The molecule has 3 aromatic carbocycles. The number of fused-ring (bicyclic) bond motifs is 13. The number of aliphatic hydroxyl groups excluding tert-OH is 1. The van der Waals surface area contributed by atoms with Gasteiger partial charge in [-0.3, -0.25) is 4.79 Å². The third-order valence-electron chi connectivity index (χ3n) is 12.5. The van der Waals surface area contributed by atoms with Crippen LogP contribution >= 0.6 is 0 Å². The Kier molecular flexibility index (Phi) is 12.7. The first-order chi connectivity index (χ1) is 27.6. The molecule has 8 rings (SSSR count). The number of ether oxygens (including phenoxy) is 4. The van der Waals surface area contributed by atoms with Crippen LogP contribution in [-0.4, -0.2) is 49.1 Å². The van der Waals surface area contributed by atoms with Crippen LogP contribution < -0.4 is 10.4 Å². The van der Waals surface area contributed by atoms with E-state index in [1.807, 2.05) is 51.1 Å². The van der Waals surface area contributed by atoms with Gasteiger partial charge in [0.2, 0.25) is 0 Å². The molecule has 2 bridgehead atoms. The Morgan fingerprint density at radius 1 is 0.912 bits per heavy atom. The number of benzene rings is 3. The van der Waals surface area contributed by atoms with Crippen molar-refractivity contribution in [3.63, 3.8) is 0 Å². The SMILES string of the molecule is COC[C@@H](CCO)c1cc2ccc3c(c2oc1=O)[C@H]1OC(=O)C[C@H](CCc2ccccc2)Cc2ccc(cc2)CCC(=C(C)C)C(=O)O[C@@H]1[C@](C)(C1CCCC1)O3. The lowest BCUT2D eigenvalue weighted by molar-refractivity contribution is -0.199. The maximum Gasteiger partial charge on any atom is 0.339 e. The number of hydrogen-bond donors (Lipinski definition) is 1. The lowest BCUT2D eigenvalue weighted by Crippen LogP contribution is -2.58. The summed E-state index contributed by atoms with van der Waals surface area (Å²) < 4.78 is 31.9. The lowest BCUT2D eigenvalue weighted by Gasteiger charge is -2.48. The van der Waals surface area contributed by atoms with Crippen LogP contribution in [-0.2, 0) is 43.1 Å². The summed E-state index contributed by atoms with van der Waals surface area (Å²) in [6.45, 7) is 5.91. The average molecular weight is 777 g/mol. The summed E-state index contributed by atoms with van der Waals surface area (Å²) in [4.78, 5) is 42.9. The molecule has 1 aliphatic carbocycles. The van der Waals surface area contributed by atoms with Crippen molar-refractivity contribution in [2.24, 2.45) is 11.8 Å². The van der Waals surface area contributed by atoms with Gasteiger partial charge in [-0.15, -0.1) is 0 Å². The van der Waals surface area contributed by atoms with Crippen LogP contribution in [0.2, 0.25) is 0 Å². The fourth-order valence-corrected chi connectivity index (χ4v) is 9.30. The van der Waals surface area contributed by atoms with Crippen molar-refractivity contribution in [3.8, 4) is 5.75 Å². The molecule has 0 amide bonds. The van der Waals surface area contributed by atoms with Gasteiger partial charge in [0, 0.05) is 48.5 Å². The highest BCUT2D eigenvalue weighted by Crippen LogP contribution is 2.52. The zero-order chi connectivity index (χ0) is 40.1. The first kappa shape index (κ1) is 40.5. The van der Waals surface area contributed by atoms with Crippen molar-refractivity contribution >= 4 is 22.9 Å². The Labute approximate surface area is 335 Å². The molecule has 0 saturated heterocycles. The predicted octanol–water partition coefficient (Wildman–Crippen LogP) is 8.91. The zero-order valence-corrected chi connectivity index (χ0v) is 33.7. The van der Waals surface area contributed by atoms with Crippen LogP contribution in [0.5, 0.6) is 5.75 Å². The van der Waals surface area contributed by atoms with E-state index in [0.717, 1.165) is 55.2 Å². The molecule has 57 heavy (non-hydrogen) atoms. The van der Waals surface area contributed by atoms with E-state index < -0.39 is 35.4 Å². The average Bonchev–Trinajstić information content (AvgIpc) is 3.75. The number of methoxy groups -OCH3 is 1. The molecular formula is C48H56O9. The minimum absolute atomic E-state index is 0.0142. The van der Waals surface area contributed by atoms with Gasteiger partial charge in [-0.05, 0) is 113 Å². The summed E-state index contributed by atoms with van der Waals surface area (Å²) in [5.41, 5.74) is 4.21. The maximum absolute atomic E-state index is 14.6. The minimum atomic E-state index is -1.12. The summed E-state index contributed by atoms with van der Waals surface area (Å²) in [5, 5.41) is 10.4. The van der Waals surface area contributed by atoms with E-state index in [0.29, 0.717) is 53.5 Å². The zero-order valence-electron chi connectivity index (χ0n) is 33.7. The number of esters is 2. The van der Waals surface area contributed by atoms with Gasteiger partial charge >= 0.3 is 17.6 Å². The molecule has 9 heteroatoms. The van der Waals surface area contributed by atoms with Crippen LogP contribution in [0.15, 0.2) is 93.2 Å². The van der Waals surface area contributed by atoms with Crippen molar-refractivity contribution in [3.05, 3.63) is 122 Å². The highest BCUT2D eigenvalue weighted by Gasteiger charge is 2.57. The molecule has 1 N–H and O–H groups in total. The van der Waals surface area contributed by atoms with E-state index in [1.54, 1.807) is 13.2 Å². The summed E-state index contributed by atoms with van der Waals surface area (Å²) in [6, 6.07) is 24.2. The third-order valence-corrected chi connectivity index (χ3v) is 12.5. The van der Waals surface area contributed by atoms with Gasteiger partial charge in [0.15, 0.2) is 12.2 Å². The summed E-state index contributed by atoms with van der Waals surface area (Å²) in [5.74, 6) is -0.881. The lowest BCUT2D eigenvalue weighted by atomic mass is 9.76. The van der Waals surface area contributed by atoms with Gasteiger partial charge < -0.3 is 28.5 Å². The van der Waals surface area contributed by atoms with Crippen molar-refractivity contribution in [1.29, 1.82) is 0 Å². The van der Waals surface area contributed by atoms with E-state index in [2.05, 4.69) is 36.4 Å². The van der Waals surface area contributed by atoms with Gasteiger partial charge in [-0.1, -0.05) is 73.0 Å². The second-order valence-electron chi connectivity index (χ2n) is 16.6. The Morgan fingerprint density at radius 2 is 1.65 bits per heavy atom. The fourth-order valence-electron chi connectivity index (χ4n) is 9.30. The van der Waals surface area contributed by atoms with Gasteiger partial charge in [-0.25, -0.2) is 9.59 Å². The maximum atomic E-state index is 14.6. The molecule has 4 aromatic rings. The number of carbonyl (C=O) groups excluding carboxylic acids is 2. The molecule has 0 radical (unpaired) electrons. The second-order valence-corrected chi connectivity index (χ2v) is 16.6. The number of rotatable bonds is 9. The highest BCUT2D eigenvalue weighted by molar-refractivity contribution is 5.90. The molecular weight excluding hydrogens is 721 g/mol. The van der Waals surface area contributed by atoms with Crippen LogP contribution in [0, 0.1) is 11.8 Å². The molecule has 9 nitrogen and oxygen atoms in total. The first-order valence-electron chi connectivity index (χ1n) is 20.7. The quantitative estimate of drug-likeness (QED) is 0.101. The van der Waals surface area contributed by atoms with Gasteiger partial charge in [0.05, 0.1) is 12.2 Å². The summed E-state index contributed by atoms with van der Waals surface area (Å²) in [6.07, 6.45) is 5.45. The van der Waals surface area contributed by atoms with Gasteiger partial charge in [-0.2, -0.15) is 0 Å². The number of aliphatic hydroxyl groups is 1. The van der Waals surface area contributed by atoms with Crippen molar-refractivity contribution in [1.82, 2.24) is 0 Å². The van der Waals surface area contributed by atoms with Gasteiger partial charge in [0.25, 0.3) is 0 Å². The summed E-state index contributed by atoms with van der Waals surface area (Å²) >= 11 is 0. The Morgan fingerprint density at radius 3 is 2.35 bits per heavy atom. The molecule has 5 atom stereocenters. The van der Waals surface area contributed by atoms with Crippen LogP contribution in [0.3, 0.4) is 0 Å². The van der Waals surface area contributed by atoms with E-state index in [1.165, 1.54) is 5.56 Å². The fraction of sp³-hybridized carbons (Fsp3) is 0.479. The number of carbonyl (C=O) groups is 2. The minimum Gasteiger partial charge on any atom is -0.483 e. The first-order valence-corrected chi connectivity index (χ1v) is 20.7. The number of allylic oxidation sites excluding steroid dienone is 1. The molecule has 0 spiro atoms. The van der Waals surface area contributed by atoms with Crippen molar-refractivity contribution in [2.75, 3.05) is 20.3 Å². The summed E-state index contributed by atoms with van der Waals surface area (Å²) in [7, 11) is 1.55. The largest absolute Gasteiger partial charge is 0.483 e. The standard InChI is InChI=1S/C48H56O9/c1-30(2)38-22-20-32-14-17-33(18-15-32)26-34(19-16-31-10-6-5-7-11-31)27-41(50)54-44-42-40(57-48(3,37-12-8-9-13-37)45(44)56-46(38)51)23-21-35-28-39(47(52)55-43(35)42)36(24-25-49)29-53-4/h5-7,10-11,14-15,17-18,21,23,28,34,36-37,44-45,49H,8-9,12-13,16,19-20,22,24-27,29H2,1-4H3/t34-,36-,44-,45+,48+/m1/s1. The topological polar surface area (TPSA) is 122 Å². The van der Waals surface area contributed by atoms with Crippen LogP contribution in [0.1, 0.15) is 112 Å². The highest BCUT2D eigenvalue weighted by atomic mass is 16.6. The smallest absolute Gasteiger partial charge is 0.339 e. The van der Waals surface area contributed by atoms with Crippen LogP contribution in [0.25, 0.3) is 11.0 Å². The molecule has 1 fully saturated rings. The molecule has 4 heterocycles. The van der Waals surface area contributed by atoms with Crippen LogP contribution in [0.4, 0.5) is 0 Å². The van der Waals surface area contributed by atoms with E-state index in [-0.39, 0.29) is 43.0 Å². The molecule has 1 saturated carbocycles. The van der Waals surface area contributed by atoms with Crippen molar-refractivity contribution in [2.45, 2.75) is 115 Å². The Hall–Kier alpha value is -4.73. The van der Waals surface area contributed by atoms with Gasteiger partial charge in [0.1, 0.15) is 16.9 Å². The molecule has 302 valence electrons. The second kappa shape index (κ2) is 17.8. The van der Waals surface area contributed by atoms with Crippen molar-refractivity contribution < 1.29 is 38.1 Å². The predicted molar refractivity (Wildman–Crippen MR) is 218 cm³/mol. The Balaban J connectivity index is 1.36. The number of aryl methyl sites for hydroxylation is 2. The molecule has 3 aliphatic heterocycles. The van der Waals surface area contributed by atoms with E-state index >= 15 is 0 Å². The third kappa shape index (κ3) is 8.90. The molecule has 1 aromatic heterocycles.